The zero-order chi connectivity index (χ0) is 17.1. The van der Waals surface area contributed by atoms with E-state index in [4.69, 9.17) is 4.74 Å². The highest BCUT2D eigenvalue weighted by Crippen LogP contribution is 2.17. The Morgan fingerprint density at radius 3 is 2.61 bits per heavy atom. The molecule has 23 heavy (non-hydrogen) atoms. The molecular formula is C18H28N2O3. The molecule has 5 heteroatoms. The van der Waals surface area contributed by atoms with E-state index in [1.165, 1.54) is 6.42 Å². The molecule has 0 heterocycles. The molecule has 1 aromatic carbocycles. The predicted molar refractivity (Wildman–Crippen MR) is 91.7 cm³/mol. The van der Waals surface area contributed by atoms with Crippen LogP contribution in [-0.2, 0) is 4.79 Å². The highest BCUT2D eigenvalue weighted by Gasteiger charge is 2.13. The van der Waals surface area contributed by atoms with Gasteiger partial charge in [-0.05, 0) is 32.4 Å². The van der Waals surface area contributed by atoms with E-state index in [0.717, 1.165) is 19.3 Å². The number of nitrogens with one attached hydrogen (secondary N) is 2. The highest BCUT2D eigenvalue weighted by atomic mass is 16.5. The van der Waals surface area contributed by atoms with Gasteiger partial charge >= 0.3 is 0 Å². The number of hydrogen-bond acceptors (Lipinski definition) is 3. The number of ether oxygens (including phenoxy) is 1. The Labute approximate surface area is 138 Å². The molecule has 128 valence electrons. The summed E-state index contributed by atoms with van der Waals surface area (Å²) in [5.74, 6) is 0.0555. The fourth-order valence-electron chi connectivity index (χ4n) is 2.29. The fraction of sp³-hybridized carbons (Fsp3) is 0.556. The normalized spacial score (nSPS) is 11.6. The van der Waals surface area contributed by atoms with Gasteiger partial charge in [0, 0.05) is 6.04 Å². The van der Waals surface area contributed by atoms with Gasteiger partial charge in [-0.1, -0.05) is 38.3 Å². The van der Waals surface area contributed by atoms with Crippen LogP contribution in [0.3, 0.4) is 0 Å². The number of carbonyl (C=O) groups is 2. The molecule has 2 amide bonds. The summed E-state index contributed by atoms with van der Waals surface area (Å²) in [5.41, 5.74) is 0.443. The first-order chi connectivity index (χ1) is 11.1. The number of carbonyl (C=O) groups excluding carboxylic acids is 2. The van der Waals surface area contributed by atoms with Crippen molar-refractivity contribution in [2.24, 2.45) is 0 Å². The maximum atomic E-state index is 12.2. The molecule has 1 unspecified atom stereocenters. The van der Waals surface area contributed by atoms with Gasteiger partial charge in [-0.3, -0.25) is 9.59 Å². The van der Waals surface area contributed by atoms with Gasteiger partial charge in [0.25, 0.3) is 5.91 Å². The van der Waals surface area contributed by atoms with Crippen LogP contribution in [0.25, 0.3) is 0 Å². The monoisotopic (exact) mass is 320 g/mol. The highest BCUT2D eigenvalue weighted by molar-refractivity contribution is 5.98. The molecule has 1 aromatic rings. The maximum absolute atomic E-state index is 12.2. The van der Waals surface area contributed by atoms with Crippen molar-refractivity contribution < 1.29 is 14.3 Å². The standard InChI is InChI=1S/C18H28N2O3/c1-4-6-7-10-14(3)20-17(21)13-19-18(22)15-11-8-9-12-16(15)23-5-2/h8-9,11-12,14H,4-7,10,13H2,1-3H3,(H,19,22)(H,20,21). The van der Waals surface area contributed by atoms with Gasteiger partial charge in [-0.15, -0.1) is 0 Å². The van der Waals surface area contributed by atoms with E-state index in [2.05, 4.69) is 17.6 Å². The summed E-state index contributed by atoms with van der Waals surface area (Å²) in [7, 11) is 0. The molecule has 2 N–H and O–H groups in total. The van der Waals surface area contributed by atoms with E-state index < -0.39 is 0 Å². The van der Waals surface area contributed by atoms with Crippen LogP contribution in [-0.4, -0.2) is 31.0 Å². The van der Waals surface area contributed by atoms with Crippen molar-refractivity contribution >= 4 is 11.8 Å². The second kappa shape index (κ2) is 10.6. The van der Waals surface area contributed by atoms with Gasteiger partial charge in [0.15, 0.2) is 0 Å². The molecular weight excluding hydrogens is 292 g/mol. The molecule has 0 bridgehead atoms. The fourth-order valence-corrected chi connectivity index (χ4v) is 2.29. The summed E-state index contributed by atoms with van der Waals surface area (Å²) in [6.07, 6.45) is 4.40. The molecule has 0 aliphatic rings. The van der Waals surface area contributed by atoms with Crippen LogP contribution in [0.4, 0.5) is 0 Å². The molecule has 0 aromatic heterocycles. The van der Waals surface area contributed by atoms with Crippen molar-refractivity contribution in [2.45, 2.75) is 52.5 Å². The van der Waals surface area contributed by atoms with E-state index in [-0.39, 0.29) is 24.4 Å². The molecule has 0 spiro atoms. The van der Waals surface area contributed by atoms with Crippen LogP contribution in [0.15, 0.2) is 24.3 Å². The first-order valence-corrected chi connectivity index (χ1v) is 8.37. The Kier molecular flexibility index (Phi) is 8.80. The molecule has 5 nitrogen and oxygen atoms in total. The minimum Gasteiger partial charge on any atom is -0.493 e. The third-order valence-electron chi connectivity index (χ3n) is 3.49. The van der Waals surface area contributed by atoms with Crippen LogP contribution >= 0.6 is 0 Å². The number of benzene rings is 1. The Hall–Kier alpha value is -2.04. The Morgan fingerprint density at radius 1 is 1.17 bits per heavy atom. The van der Waals surface area contributed by atoms with Crippen molar-refractivity contribution in [2.75, 3.05) is 13.2 Å². The van der Waals surface area contributed by atoms with Crippen LogP contribution in [0, 0.1) is 0 Å². The molecule has 0 fully saturated rings. The van der Waals surface area contributed by atoms with Crippen LogP contribution in [0.5, 0.6) is 5.75 Å². The van der Waals surface area contributed by atoms with Gasteiger partial charge in [-0.2, -0.15) is 0 Å². The lowest BCUT2D eigenvalue weighted by molar-refractivity contribution is -0.120. The Morgan fingerprint density at radius 2 is 1.91 bits per heavy atom. The smallest absolute Gasteiger partial charge is 0.255 e. The summed E-state index contributed by atoms with van der Waals surface area (Å²) in [5, 5.41) is 5.54. The lowest BCUT2D eigenvalue weighted by Gasteiger charge is -2.14. The van der Waals surface area contributed by atoms with Crippen molar-refractivity contribution in [3.63, 3.8) is 0 Å². The Bertz CT molecular complexity index is 503. The summed E-state index contributed by atoms with van der Waals surface area (Å²) < 4.78 is 5.42. The van der Waals surface area contributed by atoms with Crippen LogP contribution in [0.2, 0.25) is 0 Å². The van der Waals surface area contributed by atoms with E-state index >= 15 is 0 Å². The van der Waals surface area contributed by atoms with E-state index in [1.54, 1.807) is 18.2 Å². The summed E-state index contributed by atoms with van der Waals surface area (Å²) in [6.45, 7) is 6.46. The maximum Gasteiger partial charge on any atom is 0.255 e. The van der Waals surface area contributed by atoms with Crippen LogP contribution in [0.1, 0.15) is 56.8 Å². The SMILES string of the molecule is CCCCCC(C)NC(=O)CNC(=O)c1ccccc1OCC. The second-order valence-corrected chi connectivity index (χ2v) is 5.58. The summed E-state index contributed by atoms with van der Waals surface area (Å²) >= 11 is 0. The first kappa shape index (κ1) is 19.0. The molecule has 0 radical (unpaired) electrons. The zero-order valence-corrected chi connectivity index (χ0v) is 14.4. The van der Waals surface area contributed by atoms with E-state index in [1.807, 2.05) is 19.9 Å². The molecule has 1 atom stereocenters. The minimum absolute atomic E-state index is 0.0303. The van der Waals surface area contributed by atoms with Gasteiger partial charge in [-0.25, -0.2) is 0 Å². The van der Waals surface area contributed by atoms with E-state index in [9.17, 15) is 9.59 Å². The summed E-state index contributed by atoms with van der Waals surface area (Å²) in [6, 6.07) is 7.14. The molecule has 0 saturated heterocycles. The first-order valence-electron chi connectivity index (χ1n) is 8.37. The number of hydrogen-bond donors (Lipinski definition) is 2. The van der Waals surface area contributed by atoms with Crippen molar-refractivity contribution in [3.05, 3.63) is 29.8 Å². The van der Waals surface area contributed by atoms with E-state index in [0.29, 0.717) is 17.9 Å². The van der Waals surface area contributed by atoms with Gasteiger partial charge in [0.1, 0.15) is 5.75 Å². The third kappa shape index (κ3) is 7.17. The lowest BCUT2D eigenvalue weighted by Crippen LogP contribution is -2.40. The second-order valence-electron chi connectivity index (χ2n) is 5.58. The van der Waals surface area contributed by atoms with Gasteiger partial charge in [0.2, 0.25) is 5.91 Å². The molecule has 1 rings (SSSR count). The topological polar surface area (TPSA) is 67.4 Å². The minimum atomic E-state index is -0.303. The number of amides is 2. The average molecular weight is 320 g/mol. The quantitative estimate of drug-likeness (QED) is 0.651. The molecule has 0 aliphatic carbocycles. The lowest BCUT2D eigenvalue weighted by atomic mass is 10.1. The van der Waals surface area contributed by atoms with Gasteiger partial charge in [0.05, 0.1) is 18.7 Å². The third-order valence-corrected chi connectivity index (χ3v) is 3.49. The van der Waals surface area contributed by atoms with Crippen molar-refractivity contribution in [1.82, 2.24) is 10.6 Å². The average Bonchev–Trinajstić information content (AvgIpc) is 2.53. The number of unbranched alkanes of at least 4 members (excludes halogenated alkanes) is 2. The Balaban J connectivity index is 2.42. The van der Waals surface area contributed by atoms with Gasteiger partial charge < -0.3 is 15.4 Å². The summed E-state index contributed by atoms with van der Waals surface area (Å²) in [4.78, 5) is 24.0. The largest absolute Gasteiger partial charge is 0.493 e. The number of para-hydroxylation sites is 1. The predicted octanol–water partition coefficient (Wildman–Crippen LogP) is 2.90. The van der Waals surface area contributed by atoms with Crippen molar-refractivity contribution in [1.29, 1.82) is 0 Å². The molecule has 0 saturated carbocycles. The van der Waals surface area contributed by atoms with Crippen molar-refractivity contribution in [3.8, 4) is 5.75 Å². The molecule has 0 aliphatic heterocycles. The van der Waals surface area contributed by atoms with Crippen LogP contribution < -0.4 is 15.4 Å². The zero-order valence-electron chi connectivity index (χ0n) is 14.4. The number of rotatable bonds is 10.